The van der Waals surface area contributed by atoms with E-state index in [2.05, 4.69) is 0 Å². The van der Waals surface area contributed by atoms with E-state index in [-0.39, 0.29) is 41.7 Å². The summed E-state index contributed by atoms with van der Waals surface area (Å²) in [6.45, 7) is 10.2. The summed E-state index contributed by atoms with van der Waals surface area (Å²) in [5.41, 5.74) is 3.72. The van der Waals surface area contributed by atoms with Crippen LogP contribution in [-0.2, 0) is 16.1 Å². The molecule has 0 aromatic heterocycles. The van der Waals surface area contributed by atoms with Crippen LogP contribution >= 0.6 is 0 Å². The largest absolute Gasteiger partial charge is 0.504 e. The third kappa shape index (κ3) is 4.64. The average Bonchev–Trinajstić information content (AvgIpc) is 2.97. The van der Waals surface area contributed by atoms with Gasteiger partial charge in [-0.3, -0.25) is 9.59 Å². The topological polar surface area (TPSA) is 87.1 Å². The molecule has 0 radical (unpaired) electrons. The molecule has 1 atom stereocenters. The van der Waals surface area contributed by atoms with Crippen LogP contribution in [0.25, 0.3) is 0 Å². The van der Waals surface area contributed by atoms with Crippen molar-refractivity contribution in [3.8, 4) is 11.5 Å². The van der Waals surface area contributed by atoms with Gasteiger partial charge in [0.25, 0.3) is 5.91 Å². The van der Waals surface area contributed by atoms with E-state index in [0.29, 0.717) is 12.2 Å². The first kappa shape index (κ1) is 23.4. The first-order valence-electron chi connectivity index (χ1n) is 10.9. The van der Waals surface area contributed by atoms with Crippen molar-refractivity contribution >= 4 is 11.7 Å². The number of rotatable bonds is 8. The van der Waals surface area contributed by atoms with Crippen LogP contribution < -0.4 is 4.74 Å². The maximum atomic E-state index is 13.2. The molecule has 170 valence electrons. The highest BCUT2D eigenvalue weighted by molar-refractivity contribution is 6.09. The number of amides is 1. The molecule has 0 saturated carbocycles. The molecule has 3 rings (SSSR count). The van der Waals surface area contributed by atoms with Gasteiger partial charge < -0.3 is 19.8 Å². The van der Waals surface area contributed by atoms with Gasteiger partial charge in [0.1, 0.15) is 0 Å². The molecule has 1 aliphatic heterocycles. The highest BCUT2D eigenvalue weighted by atomic mass is 16.5. The number of aryl methyl sites for hydroxylation is 2. The molecular weight excluding hydrogens is 406 g/mol. The molecule has 1 amide bonds. The number of aliphatic hydroxyl groups excluding tert-OH is 1. The number of carbonyl (C=O) groups excluding carboxylic acids is 2. The van der Waals surface area contributed by atoms with Crippen LogP contribution in [0.4, 0.5) is 0 Å². The Morgan fingerprint density at radius 1 is 1.12 bits per heavy atom. The molecule has 1 heterocycles. The average molecular weight is 438 g/mol. The number of ketones is 1. The number of hydrogen-bond acceptors (Lipinski definition) is 5. The van der Waals surface area contributed by atoms with Crippen molar-refractivity contribution in [3.05, 3.63) is 70.0 Å². The Balaban J connectivity index is 2.12. The van der Waals surface area contributed by atoms with E-state index in [9.17, 15) is 19.8 Å². The second-order valence-corrected chi connectivity index (χ2v) is 8.71. The Kier molecular flexibility index (Phi) is 6.92. The molecule has 0 aliphatic carbocycles. The van der Waals surface area contributed by atoms with Gasteiger partial charge in [0.2, 0.25) is 0 Å². The lowest BCUT2D eigenvalue weighted by Gasteiger charge is -2.28. The maximum Gasteiger partial charge on any atom is 0.290 e. The van der Waals surface area contributed by atoms with Crippen molar-refractivity contribution in [1.29, 1.82) is 0 Å². The fourth-order valence-corrected chi connectivity index (χ4v) is 4.05. The van der Waals surface area contributed by atoms with Gasteiger partial charge in [-0.05, 0) is 55.5 Å². The second-order valence-electron chi connectivity index (χ2n) is 8.71. The molecule has 0 saturated heterocycles. The molecule has 2 aromatic carbocycles. The highest BCUT2D eigenvalue weighted by Crippen LogP contribution is 2.42. The summed E-state index contributed by atoms with van der Waals surface area (Å²) in [5, 5.41) is 20.9. The third-order valence-corrected chi connectivity index (χ3v) is 5.64. The Bertz CT molecular complexity index is 1070. The van der Waals surface area contributed by atoms with Crippen LogP contribution in [-0.4, -0.2) is 33.4 Å². The van der Waals surface area contributed by atoms with E-state index < -0.39 is 17.7 Å². The van der Waals surface area contributed by atoms with Gasteiger partial charge in [0, 0.05) is 13.0 Å². The minimum absolute atomic E-state index is 0.0238. The summed E-state index contributed by atoms with van der Waals surface area (Å²) in [6.07, 6.45) is 0.219. The molecule has 2 aromatic rings. The van der Waals surface area contributed by atoms with E-state index in [1.54, 1.807) is 19.1 Å². The van der Waals surface area contributed by atoms with Crippen LogP contribution in [0.2, 0.25) is 0 Å². The number of carbonyl (C=O) groups is 2. The zero-order valence-corrected chi connectivity index (χ0v) is 19.3. The van der Waals surface area contributed by atoms with Crippen molar-refractivity contribution in [3.63, 3.8) is 0 Å². The number of phenols is 1. The van der Waals surface area contributed by atoms with E-state index >= 15 is 0 Å². The number of benzene rings is 2. The Labute approximate surface area is 189 Å². The van der Waals surface area contributed by atoms with Crippen LogP contribution in [0.1, 0.15) is 55.5 Å². The van der Waals surface area contributed by atoms with Crippen molar-refractivity contribution in [1.82, 2.24) is 4.90 Å². The van der Waals surface area contributed by atoms with E-state index in [0.717, 1.165) is 16.7 Å². The van der Waals surface area contributed by atoms with Crippen LogP contribution in [0.5, 0.6) is 11.5 Å². The van der Waals surface area contributed by atoms with Crippen LogP contribution in [0, 0.1) is 19.8 Å². The van der Waals surface area contributed by atoms with Gasteiger partial charge in [-0.15, -0.1) is 0 Å². The Morgan fingerprint density at radius 2 is 1.84 bits per heavy atom. The number of aromatic hydroxyl groups is 1. The smallest absolute Gasteiger partial charge is 0.290 e. The highest BCUT2D eigenvalue weighted by Gasteiger charge is 2.43. The SMILES string of the molecule is CCOc1cc(C2C(C(=O)CC(C)C)=C(O)C(=O)N2Cc2cc(C)ccc2C)ccc1O. The monoisotopic (exact) mass is 437 g/mol. The molecule has 0 fully saturated rings. The van der Waals surface area contributed by atoms with Gasteiger partial charge in [0.15, 0.2) is 23.0 Å². The molecular formula is C26H31NO5. The first-order valence-corrected chi connectivity index (χ1v) is 10.9. The molecule has 6 heteroatoms. The van der Waals surface area contributed by atoms with Crippen molar-refractivity contribution in [2.45, 2.75) is 53.6 Å². The summed E-state index contributed by atoms with van der Waals surface area (Å²) in [4.78, 5) is 27.8. The van der Waals surface area contributed by atoms with E-state index in [1.165, 1.54) is 11.0 Å². The minimum atomic E-state index is -0.770. The molecule has 0 spiro atoms. The molecule has 32 heavy (non-hydrogen) atoms. The normalized spacial score (nSPS) is 16.2. The molecule has 1 aliphatic rings. The summed E-state index contributed by atoms with van der Waals surface area (Å²) in [5.74, 6) is -1.02. The lowest BCUT2D eigenvalue weighted by atomic mass is 9.91. The molecule has 6 nitrogen and oxygen atoms in total. The predicted molar refractivity (Wildman–Crippen MR) is 123 cm³/mol. The lowest BCUT2D eigenvalue weighted by molar-refractivity contribution is -0.130. The molecule has 1 unspecified atom stereocenters. The number of Topliss-reactive ketones (excluding diaryl/α,β-unsaturated/α-hetero) is 1. The predicted octanol–water partition coefficient (Wildman–Crippen LogP) is 4.92. The summed E-state index contributed by atoms with van der Waals surface area (Å²) in [6, 6.07) is 10.0. The van der Waals surface area contributed by atoms with Gasteiger partial charge in [-0.1, -0.05) is 43.7 Å². The van der Waals surface area contributed by atoms with E-state index in [4.69, 9.17) is 4.74 Å². The zero-order valence-electron chi connectivity index (χ0n) is 19.3. The van der Waals surface area contributed by atoms with Gasteiger partial charge in [-0.25, -0.2) is 0 Å². The summed E-state index contributed by atoms with van der Waals surface area (Å²) >= 11 is 0. The fourth-order valence-electron chi connectivity index (χ4n) is 4.05. The fraction of sp³-hybridized carbons (Fsp3) is 0.385. The summed E-state index contributed by atoms with van der Waals surface area (Å²) < 4.78 is 5.52. The number of hydrogen-bond donors (Lipinski definition) is 2. The van der Waals surface area contributed by atoms with E-state index in [1.807, 2.05) is 45.9 Å². The number of nitrogens with zero attached hydrogens (tertiary/aromatic N) is 1. The van der Waals surface area contributed by atoms with Crippen molar-refractivity contribution in [2.75, 3.05) is 6.61 Å². The van der Waals surface area contributed by atoms with Crippen molar-refractivity contribution in [2.24, 2.45) is 5.92 Å². The zero-order chi connectivity index (χ0) is 23.6. The molecule has 0 bridgehead atoms. The number of aliphatic hydroxyl groups is 1. The van der Waals surface area contributed by atoms with Crippen molar-refractivity contribution < 1.29 is 24.5 Å². The maximum absolute atomic E-state index is 13.2. The lowest BCUT2D eigenvalue weighted by Crippen LogP contribution is -2.31. The first-order chi connectivity index (χ1) is 15.1. The Hall–Kier alpha value is -3.28. The second kappa shape index (κ2) is 9.47. The van der Waals surface area contributed by atoms with Gasteiger partial charge >= 0.3 is 0 Å². The molecule has 2 N–H and O–H groups in total. The van der Waals surface area contributed by atoms with Gasteiger partial charge in [-0.2, -0.15) is 0 Å². The Morgan fingerprint density at radius 3 is 2.50 bits per heavy atom. The van der Waals surface area contributed by atoms with Crippen LogP contribution in [0.3, 0.4) is 0 Å². The standard InChI is InChI=1S/C26H31NO5/c1-6-32-22-13-18(9-10-20(22)28)24-23(21(29)11-15(2)3)25(30)26(31)27(24)14-19-12-16(4)7-8-17(19)5/h7-10,12-13,15,24,28,30H,6,11,14H2,1-5H3. The minimum Gasteiger partial charge on any atom is -0.504 e. The third-order valence-electron chi connectivity index (χ3n) is 5.64. The quantitative estimate of drug-likeness (QED) is 0.612. The van der Waals surface area contributed by atoms with Crippen LogP contribution in [0.15, 0.2) is 47.7 Å². The summed E-state index contributed by atoms with van der Waals surface area (Å²) in [7, 11) is 0. The number of phenolic OH excluding ortho intramolecular Hbond substituents is 1. The number of ether oxygens (including phenoxy) is 1. The van der Waals surface area contributed by atoms with Gasteiger partial charge in [0.05, 0.1) is 18.2 Å².